The Kier molecular flexibility index (Phi) is 8.02. The van der Waals surface area contributed by atoms with Crippen molar-refractivity contribution < 1.29 is 0 Å². The van der Waals surface area contributed by atoms with Crippen molar-refractivity contribution in [3.8, 4) is 11.3 Å². The number of hydrogen-bond acceptors (Lipinski definition) is 0. The van der Waals surface area contributed by atoms with E-state index in [0.717, 1.165) is 0 Å². The average molecular weight is 362 g/mol. The van der Waals surface area contributed by atoms with Gasteiger partial charge in [-0.15, -0.1) is 0 Å². The first-order valence-electron chi connectivity index (χ1n) is 11.0. The zero-order chi connectivity index (χ0) is 18.7. The first-order valence-corrected chi connectivity index (χ1v) is 11.0. The van der Waals surface area contributed by atoms with Gasteiger partial charge in [0.1, 0.15) is 0 Å². The molecule has 1 nitrogen and oxygen atoms in total. The van der Waals surface area contributed by atoms with Crippen LogP contribution in [0, 0.1) is 0 Å². The van der Waals surface area contributed by atoms with E-state index in [9.17, 15) is 0 Å². The number of hydrogen-bond donors (Lipinski definition) is 1. The topological polar surface area (TPSA) is 15.8 Å². The summed E-state index contributed by atoms with van der Waals surface area (Å²) in [7, 11) is 0. The van der Waals surface area contributed by atoms with E-state index in [0.29, 0.717) is 0 Å². The van der Waals surface area contributed by atoms with Crippen molar-refractivity contribution in [2.24, 2.45) is 0 Å². The maximum absolute atomic E-state index is 3.59. The number of aryl methyl sites for hydroxylation is 1. The van der Waals surface area contributed by atoms with Crippen LogP contribution < -0.4 is 0 Å². The summed E-state index contributed by atoms with van der Waals surface area (Å²) < 4.78 is 0. The first-order chi connectivity index (χ1) is 13.4. The monoisotopic (exact) mass is 361 g/mol. The van der Waals surface area contributed by atoms with Crippen LogP contribution in [0.15, 0.2) is 54.6 Å². The largest absolute Gasteiger partial charge is 0.355 e. The molecule has 0 amide bonds. The zero-order valence-electron chi connectivity index (χ0n) is 17.0. The van der Waals surface area contributed by atoms with Crippen LogP contribution in [-0.2, 0) is 6.42 Å². The number of aromatic amines is 1. The number of fused-ring (bicyclic) bond motifs is 1. The second kappa shape index (κ2) is 11.0. The third-order valence-corrected chi connectivity index (χ3v) is 5.64. The molecule has 0 aliphatic carbocycles. The fourth-order valence-corrected chi connectivity index (χ4v) is 4.02. The minimum absolute atomic E-state index is 1.18. The number of H-pyrrole nitrogens is 1. The number of benzene rings is 2. The highest BCUT2D eigenvalue weighted by atomic mass is 14.7. The second-order valence-electron chi connectivity index (χ2n) is 7.86. The fraction of sp³-hybridized carbons (Fsp3) is 0.462. The molecule has 27 heavy (non-hydrogen) atoms. The molecule has 1 heteroatoms. The lowest BCUT2D eigenvalue weighted by Crippen LogP contribution is -1.91. The molecule has 0 unspecified atom stereocenters. The third-order valence-electron chi connectivity index (χ3n) is 5.64. The van der Waals surface area contributed by atoms with Crippen LogP contribution in [0.25, 0.3) is 22.2 Å². The molecule has 3 aromatic rings. The summed E-state index contributed by atoms with van der Waals surface area (Å²) in [6.07, 6.45) is 15.1. The van der Waals surface area contributed by atoms with Gasteiger partial charge in [-0.05, 0) is 30.5 Å². The number of aromatic nitrogens is 1. The molecule has 1 N–H and O–H groups in total. The molecule has 0 radical (unpaired) electrons. The lowest BCUT2D eigenvalue weighted by atomic mass is 9.98. The smallest absolute Gasteiger partial charge is 0.0467 e. The quantitative estimate of drug-likeness (QED) is 0.312. The van der Waals surface area contributed by atoms with Crippen molar-refractivity contribution in [1.82, 2.24) is 4.98 Å². The summed E-state index contributed by atoms with van der Waals surface area (Å²) in [5.41, 5.74) is 5.31. The Morgan fingerprint density at radius 1 is 0.667 bits per heavy atom. The SMILES string of the molecule is CCCCCCCCCCCCc1ccccc1-c1cc2ccccc2[nH]1. The molecule has 0 spiro atoms. The number of para-hydroxylation sites is 1. The fourth-order valence-electron chi connectivity index (χ4n) is 4.02. The van der Waals surface area contributed by atoms with Gasteiger partial charge < -0.3 is 4.98 Å². The molecule has 1 aromatic heterocycles. The minimum Gasteiger partial charge on any atom is -0.355 e. The highest BCUT2D eigenvalue weighted by molar-refractivity contribution is 5.86. The van der Waals surface area contributed by atoms with Gasteiger partial charge in [-0.3, -0.25) is 0 Å². The van der Waals surface area contributed by atoms with E-state index in [1.807, 2.05) is 0 Å². The molecule has 0 saturated heterocycles. The predicted molar refractivity (Wildman–Crippen MR) is 119 cm³/mol. The van der Waals surface area contributed by atoms with Gasteiger partial charge in [0.15, 0.2) is 0 Å². The summed E-state index contributed by atoms with van der Waals surface area (Å²) in [4.78, 5) is 3.59. The molecule has 0 aliphatic rings. The average Bonchev–Trinajstić information content (AvgIpc) is 3.14. The lowest BCUT2D eigenvalue weighted by molar-refractivity contribution is 0.556. The molecule has 0 saturated carbocycles. The van der Waals surface area contributed by atoms with Crippen molar-refractivity contribution in [3.63, 3.8) is 0 Å². The van der Waals surface area contributed by atoms with E-state index < -0.39 is 0 Å². The van der Waals surface area contributed by atoms with E-state index in [2.05, 4.69) is 66.5 Å². The Morgan fingerprint density at radius 3 is 2.04 bits per heavy atom. The van der Waals surface area contributed by atoms with Gasteiger partial charge >= 0.3 is 0 Å². The molecule has 144 valence electrons. The molecule has 0 bridgehead atoms. The Balaban J connectivity index is 1.45. The van der Waals surface area contributed by atoms with Crippen LogP contribution in [0.4, 0.5) is 0 Å². The highest BCUT2D eigenvalue weighted by Gasteiger charge is 2.07. The van der Waals surface area contributed by atoms with E-state index in [1.165, 1.54) is 98.4 Å². The number of nitrogens with one attached hydrogen (secondary N) is 1. The van der Waals surface area contributed by atoms with Crippen molar-refractivity contribution in [3.05, 3.63) is 60.2 Å². The molecule has 1 heterocycles. The summed E-state index contributed by atoms with van der Waals surface area (Å²) >= 11 is 0. The number of rotatable bonds is 12. The molecular formula is C26H35N. The van der Waals surface area contributed by atoms with Gasteiger partial charge in [-0.25, -0.2) is 0 Å². The standard InChI is InChI=1S/C26H35N/c1-2-3-4-5-6-7-8-9-10-11-16-22-17-12-14-19-24(22)26-21-23-18-13-15-20-25(23)27-26/h12-15,17-21,27H,2-11,16H2,1H3. The second-order valence-corrected chi connectivity index (χ2v) is 7.86. The van der Waals surface area contributed by atoms with Crippen LogP contribution in [0.1, 0.15) is 76.7 Å². The Morgan fingerprint density at radius 2 is 1.30 bits per heavy atom. The maximum atomic E-state index is 3.59. The molecular weight excluding hydrogens is 326 g/mol. The van der Waals surface area contributed by atoms with Gasteiger partial charge in [0, 0.05) is 22.2 Å². The molecule has 0 aliphatic heterocycles. The summed E-state index contributed by atoms with van der Waals surface area (Å²) in [6, 6.07) is 19.7. The zero-order valence-corrected chi connectivity index (χ0v) is 17.0. The van der Waals surface area contributed by atoms with Gasteiger partial charge in [-0.2, -0.15) is 0 Å². The third kappa shape index (κ3) is 5.99. The van der Waals surface area contributed by atoms with E-state index in [-0.39, 0.29) is 0 Å². The molecule has 3 rings (SSSR count). The minimum atomic E-state index is 1.18. The molecule has 2 aromatic carbocycles. The van der Waals surface area contributed by atoms with Gasteiger partial charge in [0.25, 0.3) is 0 Å². The van der Waals surface area contributed by atoms with Gasteiger partial charge in [0.2, 0.25) is 0 Å². The molecule has 0 atom stereocenters. The van der Waals surface area contributed by atoms with Gasteiger partial charge in [-0.1, -0.05) is 107 Å². The van der Waals surface area contributed by atoms with Crippen molar-refractivity contribution in [2.45, 2.75) is 77.6 Å². The van der Waals surface area contributed by atoms with Crippen molar-refractivity contribution in [1.29, 1.82) is 0 Å². The summed E-state index contributed by atoms with van der Waals surface area (Å²) in [6.45, 7) is 2.29. The van der Waals surface area contributed by atoms with Crippen molar-refractivity contribution >= 4 is 10.9 Å². The Labute approximate surface area is 165 Å². The first kappa shape index (κ1) is 19.7. The normalized spacial score (nSPS) is 11.3. The summed E-state index contributed by atoms with van der Waals surface area (Å²) in [5.74, 6) is 0. The number of unbranched alkanes of at least 4 members (excludes halogenated alkanes) is 9. The van der Waals surface area contributed by atoms with Crippen LogP contribution >= 0.6 is 0 Å². The Bertz CT molecular complexity index is 766. The highest BCUT2D eigenvalue weighted by Crippen LogP contribution is 2.28. The summed E-state index contributed by atoms with van der Waals surface area (Å²) in [5, 5.41) is 1.29. The van der Waals surface area contributed by atoms with Crippen LogP contribution in [0.5, 0.6) is 0 Å². The van der Waals surface area contributed by atoms with Crippen molar-refractivity contribution in [2.75, 3.05) is 0 Å². The maximum Gasteiger partial charge on any atom is 0.0467 e. The van der Waals surface area contributed by atoms with E-state index in [1.54, 1.807) is 0 Å². The van der Waals surface area contributed by atoms with E-state index in [4.69, 9.17) is 0 Å². The molecule has 0 fully saturated rings. The van der Waals surface area contributed by atoms with Gasteiger partial charge in [0.05, 0.1) is 0 Å². The lowest BCUT2D eigenvalue weighted by Gasteiger charge is -2.08. The van der Waals surface area contributed by atoms with Crippen LogP contribution in [0.2, 0.25) is 0 Å². The Hall–Kier alpha value is -2.02. The predicted octanol–water partition coefficient (Wildman–Crippen LogP) is 8.30. The van der Waals surface area contributed by atoms with E-state index >= 15 is 0 Å². The van der Waals surface area contributed by atoms with Crippen LogP contribution in [-0.4, -0.2) is 4.98 Å². The van der Waals surface area contributed by atoms with Crippen LogP contribution in [0.3, 0.4) is 0 Å².